The molecule has 1 amide bonds. The summed E-state index contributed by atoms with van der Waals surface area (Å²) >= 11 is 0. The third-order valence-corrected chi connectivity index (χ3v) is 12.0. The topological polar surface area (TPSA) is 108 Å². The molecule has 334 valence electrons. The van der Waals surface area contributed by atoms with E-state index in [0.29, 0.717) is 23.9 Å². The van der Waals surface area contributed by atoms with Crippen LogP contribution in [0.5, 0.6) is 0 Å². The highest BCUT2D eigenvalue weighted by Gasteiger charge is 2.24. The molecule has 3 unspecified atom stereocenters. The third-order valence-electron chi connectivity index (χ3n) is 11.0. The molecule has 0 heterocycles. The van der Waals surface area contributed by atoms with Crippen LogP contribution in [-0.4, -0.2) is 68.5 Å². The van der Waals surface area contributed by atoms with E-state index in [-0.39, 0.29) is 19.1 Å². The van der Waals surface area contributed by atoms with Crippen LogP contribution in [-0.2, 0) is 18.4 Å². The molecule has 9 heteroatoms. The summed E-state index contributed by atoms with van der Waals surface area (Å²) in [6.07, 6.45) is 45.2. The number of likely N-dealkylation sites (N-methyl/N-ethyl adjacent to an activating group) is 1. The lowest BCUT2D eigenvalue weighted by atomic mass is 10.0. The Bertz CT molecular complexity index is 927. The molecular weight excluding hydrogens is 719 g/mol. The van der Waals surface area contributed by atoms with Crippen LogP contribution in [0.15, 0.2) is 12.2 Å². The normalized spacial score (nSPS) is 14.3. The van der Waals surface area contributed by atoms with Crippen LogP contribution in [0.4, 0.5) is 0 Å². The smallest absolute Gasteiger partial charge is 0.268 e. The van der Waals surface area contributed by atoms with Crippen molar-refractivity contribution in [3.63, 3.8) is 0 Å². The van der Waals surface area contributed by atoms with Crippen molar-refractivity contribution < 1.29 is 32.9 Å². The van der Waals surface area contributed by atoms with Crippen molar-refractivity contribution in [3.05, 3.63) is 12.2 Å². The Morgan fingerprint density at radius 2 is 0.982 bits per heavy atom. The van der Waals surface area contributed by atoms with E-state index in [0.717, 1.165) is 38.5 Å². The van der Waals surface area contributed by atoms with E-state index >= 15 is 0 Å². The lowest BCUT2D eigenvalue weighted by molar-refractivity contribution is -0.870. The van der Waals surface area contributed by atoms with Crippen LogP contribution in [0.3, 0.4) is 0 Å². The number of unbranched alkanes of at least 4 members (excludes halogenated alkanes) is 29. The van der Waals surface area contributed by atoms with Crippen molar-refractivity contribution in [2.24, 2.45) is 0 Å². The van der Waals surface area contributed by atoms with Gasteiger partial charge in [-0.15, -0.1) is 0 Å². The summed E-state index contributed by atoms with van der Waals surface area (Å²) < 4.78 is 23.2. The first kappa shape index (κ1) is 55.2. The van der Waals surface area contributed by atoms with Crippen LogP contribution in [0.1, 0.15) is 232 Å². The number of hydrogen-bond donors (Lipinski definition) is 2. The molecule has 0 aliphatic heterocycles. The van der Waals surface area contributed by atoms with Crippen LogP contribution in [0.2, 0.25) is 0 Å². The number of aliphatic hydroxyl groups excluding tert-OH is 1. The summed E-state index contributed by atoms with van der Waals surface area (Å²) in [6.45, 7) is 4.72. The zero-order valence-corrected chi connectivity index (χ0v) is 38.7. The summed E-state index contributed by atoms with van der Waals surface area (Å²) in [5, 5.41) is 13.9. The van der Waals surface area contributed by atoms with Crippen molar-refractivity contribution in [2.45, 2.75) is 244 Å². The Kier molecular flexibility index (Phi) is 39.1. The number of nitrogens with zero attached hydrogens (tertiary/aromatic N) is 1. The first-order valence-corrected chi connectivity index (χ1v) is 25.5. The second kappa shape index (κ2) is 39.7. The Morgan fingerprint density at radius 3 is 1.39 bits per heavy atom. The number of rotatable bonds is 44. The molecule has 0 spiro atoms. The van der Waals surface area contributed by atoms with Gasteiger partial charge in [0.05, 0.1) is 39.9 Å². The summed E-state index contributed by atoms with van der Waals surface area (Å²) in [7, 11) is 1.31. The Balaban J connectivity index is 4.14. The van der Waals surface area contributed by atoms with Gasteiger partial charge in [0.25, 0.3) is 7.82 Å². The van der Waals surface area contributed by atoms with Crippen molar-refractivity contribution in [1.29, 1.82) is 0 Å². The quantitative estimate of drug-likeness (QED) is 0.0274. The summed E-state index contributed by atoms with van der Waals surface area (Å²) in [5.41, 5.74) is 0. The predicted molar refractivity (Wildman–Crippen MR) is 238 cm³/mol. The van der Waals surface area contributed by atoms with Gasteiger partial charge in [-0.1, -0.05) is 199 Å². The molecular formula is C47H95N2O6P. The highest BCUT2D eigenvalue weighted by Crippen LogP contribution is 2.38. The number of hydrogen-bond acceptors (Lipinski definition) is 6. The van der Waals surface area contributed by atoms with Gasteiger partial charge in [-0.3, -0.25) is 9.36 Å². The summed E-state index contributed by atoms with van der Waals surface area (Å²) in [5.74, 6) is -0.167. The van der Waals surface area contributed by atoms with E-state index in [4.69, 9.17) is 9.05 Å². The number of aliphatic hydroxyl groups is 1. The van der Waals surface area contributed by atoms with Gasteiger partial charge in [-0.25, -0.2) is 0 Å². The Labute approximate surface area is 348 Å². The van der Waals surface area contributed by atoms with Crippen molar-refractivity contribution in [3.8, 4) is 0 Å². The van der Waals surface area contributed by atoms with Gasteiger partial charge in [-0.05, 0) is 38.5 Å². The lowest BCUT2D eigenvalue weighted by Gasteiger charge is -2.30. The van der Waals surface area contributed by atoms with Crippen molar-refractivity contribution >= 4 is 13.7 Å². The third kappa shape index (κ3) is 41.4. The van der Waals surface area contributed by atoms with E-state index in [1.54, 1.807) is 0 Å². The fourth-order valence-electron chi connectivity index (χ4n) is 7.15. The largest absolute Gasteiger partial charge is 0.756 e. The number of amides is 1. The van der Waals surface area contributed by atoms with Gasteiger partial charge in [0.2, 0.25) is 5.91 Å². The van der Waals surface area contributed by atoms with E-state index in [9.17, 15) is 19.4 Å². The first-order valence-electron chi connectivity index (χ1n) is 24.0. The van der Waals surface area contributed by atoms with Crippen LogP contribution >= 0.6 is 7.82 Å². The molecule has 0 radical (unpaired) electrons. The predicted octanol–water partition coefficient (Wildman–Crippen LogP) is 12.9. The summed E-state index contributed by atoms with van der Waals surface area (Å²) in [4.78, 5) is 25.3. The molecule has 0 aromatic rings. The van der Waals surface area contributed by atoms with E-state index in [1.165, 1.54) is 167 Å². The molecule has 0 bridgehead atoms. The minimum Gasteiger partial charge on any atom is -0.756 e. The average Bonchev–Trinajstić information content (AvgIpc) is 3.15. The van der Waals surface area contributed by atoms with Crippen LogP contribution in [0, 0.1) is 0 Å². The highest BCUT2D eigenvalue weighted by atomic mass is 31.2. The molecule has 56 heavy (non-hydrogen) atoms. The number of carbonyl (C=O) groups is 1. The minimum absolute atomic E-state index is 0.0133. The first-order chi connectivity index (χ1) is 27.0. The fourth-order valence-corrected chi connectivity index (χ4v) is 7.88. The SMILES string of the molecule is CCCCCCCCCCCCCC/C=C\CCCCCCCCCCC(=O)NC(COP(=O)([O-])OCC[N+](C)(C)C)C(O)CCCCCCCCCCCC. The molecule has 0 saturated heterocycles. The number of phosphoric ester groups is 1. The molecule has 0 rings (SSSR count). The molecule has 0 aromatic heterocycles. The number of phosphoric acid groups is 1. The number of nitrogens with one attached hydrogen (secondary N) is 1. The number of allylic oxidation sites excluding steroid dienone is 2. The zero-order chi connectivity index (χ0) is 41.4. The van der Waals surface area contributed by atoms with Crippen LogP contribution < -0.4 is 10.2 Å². The van der Waals surface area contributed by atoms with Gasteiger partial charge >= 0.3 is 0 Å². The van der Waals surface area contributed by atoms with E-state index < -0.39 is 20.0 Å². The fraction of sp³-hybridized carbons (Fsp3) is 0.936. The monoisotopic (exact) mass is 815 g/mol. The Hall–Kier alpha value is -0.760. The van der Waals surface area contributed by atoms with Gasteiger partial charge in [0, 0.05) is 6.42 Å². The zero-order valence-electron chi connectivity index (χ0n) is 37.9. The van der Waals surface area contributed by atoms with Gasteiger partial charge in [0.15, 0.2) is 0 Å². The van der Waals surface area contributed by atoms with E-state index in [1.807, 2.05) is 21.1 Å². The maximum Gasteiger partial charge on any atom is 0.268 e. The van der Waals surface area contributed by atoms with Gasteiger partial charge in [-0.2, -0.15) is 0 Å². The molecule has 0 aliphatic carbocycles. The molecule has 8 nitrogen and oxygen atoms in total. The molecule has 0 aromatic carbocycles. The van der Waals surface area contributed by atoms with Gasteiger partial charge < -0.3 is 28.8 Å². The standard InChI is InChI=1S/C47H95N2O6P/c1-6-8-10-12-14-16-18-19-20-21-22-23-24-25-26-27-28-29-30-31-33-35-37-39-41-47(51)48-45(44-55-56(52,53)54-43-42-49(3,4)5)46(50)40-38-36-34-32-17-15-13-11-9-7-2/h25-26,45-46,50H,6-24,27-44H2,1-5H3,(H-,48,51,52,53)/b26-25-. The van der Waals surface area contributed by atoms with Gasteiger partial charge in [0.1, 0.15) is 13.2 Å². The minimum atomic E-state index is -4.56. The second-order valence-electron chi connectivity index (χ2n) is 17.8. The molecule has 2 N–H and O–H groups in total. The molecule has 0 aliphatic rings. The second-order valence-corrected chi connectivity index (χ2v) is 19.2. The Morgan fingerprint density at radius 1 is 0.607 bits per heavy atom. The molecule has 3 atom stereocenters. The number of carbonyl (C=O) groups excluding carboxylic acids is 1. The maximum atomic E-state index is 12.9. The highest BCUT2D eigenvalue weighted by molar-refractivity contribution is 7.45. The van der Waals surface area contributed by atoms with E-state index in [2.05, 4.69) is 31.3 Å². The number of quaternary nitrogens is 1. The summed E-state index contributed by atoms with van der Waals surface area (Å²) in [6, 6.07) is -0.797. The van der Waals surface area contributed by atoms with Crippen molar-refractivity contribution in [2.75, 3.05) is 40.9 Å². The van der Waals surface area contributed by atoms with Crippen molar-refractivity contribution in [1.82, 2.24) is 5.32 Å². The average molecular weight is 815 g/mol. The van der Waals surface area contributed by atoms with Crippen LogP contribution in [0.25, 0.3) is 0 Å². The lowest BCUT2D eigenvalue weighted by Crippen LogP contribution is -2.46. The molecule has 0 fully saturated rings. The maximum absolute atomic E-state index is 12.9. The molecule has 0 saturated carbocycles.